The molecule has 0 aliphatic carbocycles. The molecule has 13 heavy (non-hydrogen) atoms. The lowest BCUT2D eigenvalue weighted by molar-refractivity contribution is 0.307. The van der Waals surface area contributed by atoms with E-state index >= 15 is 0 Å². The Bertz CT molecular complexity index is 250. The van der Waals surface area contributed by atoms with Gasteiger partial charge in [0.25, 0.3) is 0 Å². The van der Waals surface area contributed by atoms with Crippen LogP contribution in [0.4, 0.5) is 5.69 Å². The molecule has 0 aliphatic heterocycles. The summed E-state index contributed by atoms with van der Waals surface area (Å²) in [6.07, 6.45) is 6.78. The van der Waals surface area contributed by atoms with Crippen molar-refractivity contribution in [3.05, 3.63) is 18.5 Å². The molecule has 0 saturated heterocycles. The van der Waals surface area contributed by atoms with E-state index in [1.807, 2.05) is 0 Å². The van der Waals surface area contributed by atoms with Crippen molar-refractivity contribution in [2.45, 2.75) is 26.2 Å². The zero-order valence-corrected chi connectivity index (χ0v) is 7.99. The third-order valence-electron chi connectivity index (χ3n) is 1.82. The number of nitrogens with zero attached hydrogens (tertiary/aromatic N) is 1. The molecule has 3 nitrogen and oxygen atoms in total. The molecule has 1 aromatic rings. The Morgan fingerprint density at radius 1 is 1.46 bits per heavy atom. The summed E-state index contributed by atoms with van der Waals surface area (Å²) in [5.74, 6) is 0.742. The van der Waals surface area contributed by atoms with Gasteiger partial charge in [-0.15, -0.1) is 0 Å². The molecule has 0 unspecified atom stereocenters. The van der Waals surface area contributed by atoms with E-state index in [0.29, 0.717) is 5.69 Å². The molecule has 0 fully saturated rings. The number of rotatable bonds is 5. The fraction of sp³-hybridized carbons (Fsp3) is 0.500. The van der Waals surface area contributed by atoms with Gasteiger partial charge in [0.15, 0.2) is 0 Å². The van der Waals surface area contributed by atoms with Crippen LogP contribution < -0.4 is 10.5 Å². The number of hydrogen-bond donors (Lipinski definition) is 1. The van der Waals surface area contributed by atoms with Crippen LogP contribution in [0, 0.1) is 0 Å². The van der Waals surface area contributed by atoms with Gasteiger partial charge in [0.2, 0.25) is 0 Å². The van der Waals surface area contributed by atoms with Crippen LogP contribution in [0.1, 0.15) is 26.2 Å². The van der Waals surface area contributed by atoms with Crippen LogP contribution in [0.2, 0.25) is 0 Å². The van der Waals surface area contributed by atoms with Crippen LogP contribution >= 0.6 is 0 Å². The van der Waals surface area contributed by atoms with Gasteiger partial charge in [-0.2, -0.15) is 0 Å². The number of nitrogen functional groups attached to an aromatic ring is 1. The van der Waals surface area contributed by atoms with E-state index in [-0.39, 0.29) is 0 Å². The van der Waals surface area contributed by atoms with Crippen LogP contribution in [-0.4, -0.2) is 11.6 Å². The molecular formula is C10H16N2O. The minimum Gasteiger partial charge on any atom is -0.491 e. The van der Waals surface area contributed by atoms with Crippen LogP contribution in [0.15, 0.2) is 18.5 Å². The van der Waals surface area contributed by atoms with Gasteiger partial charge in [0, 0.05) is 12.3 Å². The second-order valence-corrected chi connectivity index (χ2v) is 2.97. The second-order valence-electron chi connectivity index (χ2n) is 2.97. The fourth-order valence-electron chi connectivity index (χ4n) is 1.06. The molecule has 0 amide bonds. The standard InChI is InChI=1S/C10H16N2O/c1-2-3-4-7-13-10-5-6-12-8-9(10)11/h5-6,8H,2-4,7,11H2,1H3. The Labute approximate surface area is 78.9 Å². The Balaban J connectivity index is 2.32. The summed E-state index contributed by atoms with van der Waals surface area (Å²) in [6, 6.07) is 1.79. The summed E-state index contributed by atoms with van der Waals surface area (Å²) in [7, 11) is 0. The van der Waals surface area contributed by atoms with Gasteiger partial charge in [-0.1, -0.05) is 19.8 Å². The summed E-state index contributed by atoms with van der Waals surface area (Å²) in [5, 5.41) is 0. The number of hydrogen-bond acceptors (Lipinski definition) is 3. The van der Waals surface area contributed by atoms with E-state index < -0.39 is 0 Å². The van der Waals surface area contributed by atoms with Crippen molar-refractivity contribution in [3.8, 4) is 5.75 Å². The number of ether oxygens (including phenoxy) is 1. The first-order valence-corrected chi connectivity index (χ1v) is 4.67. The minimum atomic E-state index is 0.610. The van der Waals surface area contributed by atoms with Crippen molar-refractivity contribution in [3.63, 3.8) is 0 Å². The molecule has 1 heterocycles. The average Bonchev–Trinajstić information content (AvgIpc) is 2.15. The number of unbranched alkanes of at least 4 members (excludes halogenated alkanes) is 2. The second kappa shape index (κ2) is 5.41. The van der Waals surface area contributed by atoms with E-state index in [4.69, 9.17) is 10.5 Å². The topological polar surface area (TPSA) is 48.1 Å². The lowest BCUT2D eigenvalue weighted by atomic mass is 10.3. The number of anilines is 1. The van der Waals surface area contributed by atoms with Gasteiger partial charge in [0.1, 0.15) is 5.75 Å². The molecule has 0 saturated carbocycles. The molecule has 0 aliphatic rings. The quantitative estimate of drug-likeness (QED) is 0.707. The molecule has 1 aromatic heterocycles. The van der Waals surface area contributed by atoms with Crippen LogP contribution in [0.5, 0.6) is 5.75 Å². The maximum absolute atomic E-state index is 5.65. The fourth-order valence-corrected chi connectivity index (χ4v) is 1.06. The van der Waals surface area contributed by atoms with E-state index in [0.717, 1.165) is 18.8 Å². The van der Waals surface area contributed by atoms with E-state index in [2.05, 4.69) is 11.9 Å². The van der Waals surface area contributed by atoms with Crippen LogP contribution in [0.25, 0.3) is 0 Å². The molecule has 0 spiro atoms. The first-order valence-electron chi connectivity index (χ1n) is 4.67. The van der Waals surface area contributed by atoms with Crippen molar-refractivity contribution in [2.24, 2.45) is 0 Å². The molecule has 0 aromatic carbocycles. The van der Waals surface area contributed by atoms with E-state index in [1.54, 1.807) is 18.5 Å². The monoisotopic (exact) mass is 180 g/mol. The number of aromatic nitrogens is 1. The molecule has 0 atom stereocenters. The molecule has 72 valence electrons. The Kier molecular flexibility index (Phi) is 4.09. The van der Waals surface area contributed by atoms with E-state index in [1.165, 1.54) is 12.8 Å². The third-order valence-corrected chi connectivity index (χ3v) is 1.82. The summed E-state index contributed by atoms with van der Waals surface area (Å²) in [5.41, 5.74) is 6.26. The highest BCUT2D eigenvalue weighted by Crippen LogP contribution is 2.18. The van der Waals surface area contributed by atoms with Gasteiger partial charge in [-0.05, 0) is 6.42 Å². The van der Waals surface area contributed by atoms with Crippen molar-refractivity contribution in [1.82, 2.24) is 4.98 Å². The van der Waals surface area contributed by atoms with Gasteiger partial charge in [0.05, 0.1) is 18.5 Å². The van der Waals surface area contributed by atoms with Gasteiger partial charge in [-0.3, -0.25) is 4.98 Å². The SMILES string of the molecule is CCCCCOc1ccncc1N. The Hall–Kier alpha value is -1.25. The van der Waals surface area contributed by atoms with Crippen LogP contribution in [-0.2, 0) is 0 Å². The first-order chi connectivity index (χ1) is 6.34. The predicted molar refractivity (Wildman–Crippen MR) is 53.7 cm³/mol. The Morgan fingerprint density at radius 2 is 2.31 bits per heavy atom. The zero-order chi connectivity index (χ0) is 9.52. The first kappa shape index (κ1) is 9.84. The van der Waals surface area contributed by atoms with Crippen molar-refractivity contribution in [1.29, 1.82) is 0 Å². The number of nitrogens with two attached hydrogens (primary N) is 1. The normalized spacial score (nSPS) is 9.92. The predicted octanol–water partition coefficient (Wildman–Crippen LogP) is 2.23. The largest absolute Gasteiger partial charge is 0.491 e. The van der Waals surface area contributed by atoms with Crippen molar-refractivity contribution >= 4 is 5.69 Å². The highest BCUT2D eigenvalue weighted by atomic mass is 16.5. The van der Waals surface area contributed by atoms with Crippen LogP contribution in [0.3, 0.4) is 0 Å². The molecule has 0 radical (unpaired) electrons. The van der Waals surface area contributed by atoms with Crippen molar-refractivity contribution in [2.75, 3.05) is 12.3 Å². The maximum atomic E-state index is 5.65. The Morgan fingerprint density at radius 3 is 3.00 bits per heavy atom. The van der Waals surface area contributed by atoms with Gasteiger partial charge >= 0.3 is 0 Å². The maximum Gasteiger partial charge on any atom is 0.145 e. The third kappa shape index (κ3) is 3.32. The van der Waals surface area contributed by atoms with Gasteiger partial charge in [-0.25, -0.2) is 0 Å². The summed E-state index contributed by atoms with van der Waals surface area (Å²) in [4.78, 5) is 3.88. The summed E-state index contributed by atoms with van der Waals surface area (Å²) < 4.78 is 5.47. The van der Waals surface area contributed by atoms with Gasteiger partial charge < -0.3 is 10.5 Å². The summed E-state index contributed by atoms with van der Waals surface area (Å²) in [6.45, 7) is 2.91. The van der Waals surface area contributed by atoms with E-state index in [9.17, 15) is 0 Å². The number of pyridine rings is 1. The molecule has 3 heteroatoms. The van der Waals surface area contributed by atoms with Crippen molar-refractivity contribution < 1.29 is 4.74 Å². The molecular weight excluding hydrogens is 164 g/mol. The average molecular weight is 180 g/mol. The molecule has 2 N–H and O–H groups in total. The molecule has 0 bridgehead atoms. The lowest BCUT2D eigenvalue weighted by Gasteiger charge is -2.06. The zero-order valence-electron chi connectivity index (χ0n) is 7.99. The summed E-state index contributed by atoms with van der Waals surface area (Å²) >= 11 is 0. The lowest BCUT2D eigenvalue weighted by Crippen LogP contribution is -2.00. The smallest absolute Gasteiger partial charge is 0.145 e. The highest BCUT2D eigenvalue weighted by Gasteiger charge is 1.97. The highest BCUT2D eigenvalue weighted by molar-refractivity contribution is 5.49. The molecule has 1 rings (SSSR count). The minimum absolute atomic E-state index is 0.610.